The zero-order chi connectivity index (χ0) is 16.2. The summed E-state index contributed by atoms with van der Waals surface area (Å²) in [6.07, 6.45) is 6.20. The third-order valence-electron chi connectivity index (χ3n) is 4.48. The van der Waals surface area contributed by atoms with Gasteiger partial charge in [-0.2, -0.15) is 0 Å². The highest BCUT2D eigenvalue weighted by Gasteiger charge is 2.39. The average molecular weight is 317 g/mol. The van der Waals surface area contributed by atoms with Crippen LogP contribution in [0.2, 0.25) is 0 Å². The van der Waals surface area contributed by atoms with Gasteiger partial charge in [0.2, 0.25) is 0 Å². The van der Waals surface area contributed by atoms with Crippen molar-refractivity contribution < 1.29 is 14.3 Å². The van der Waals surface area contributed by atoms with E-state index in [-0.39, 0.29) is 12.3 Å². The van der Waals surface area contributed by atoms with E-state index < -0.39 is 5.60 Å². The molecule has 0 bridgehead atoms. The molecular formula is C17H23N3O3. The van der Waals surface area contributed by atoms with Crippen molar-refractivity contribution in [2.75, 3.05) is 26.3 Å². The van der Waals surface area contributed by atoms with E-state index in [9.17, 15) is 4.79 Å². The van der Waals surface area contributed by atoms with Gasteiger partial charge < -0.3 is 14.4 Å². The van der Waals surface area contributed by atoms with Crippen molar-refractivity contribution in [3.8, 4) is 0 Å². The summed E-state index contributed by atoms with van der Waals surface area (Å²) in [5.41, 5.74) is 3.15. The minimum atomic E-state index is -0.474. The SMILES string of the molecule is CC(C)(C)OC(=O)N1C=C2C=C3C=C4COCC4NC3N2CC1. The van der Waals surface area contributed by atoms with Crippen LogP contribution in [0.5, 0.6) is 0 Å². The molecule has 0 aromatic rings. The maximum Gasteiger partial charge on any atom is 0.414 e. The maximum absolute atomic E-state index is 12.3. The number of fused-ring (bicyclic) bond motifs is 4. The molecule has 124 valence electrons. The number of carbonyl (C=O) groups excluding carboxylic acids is 1. The van der Waals surface area contributed by atoms with Crippen LogP contribution in [0.15, 0.2) is 35.2 Å². The number of ether oxygens (including phenoxy) is 2. The van der Waals surface area contributed by atoms with Crippen LogP contribution in [0.3, 0.4) is 0 Å². The molecular weight excluding hydrogens is 294 g/mol. The number of rotatable bonds is 0. The zero-order valence-corrected chi connectivity index (χ0v) is 13.8. The normalized spacial score (nSPS) is 29.3. The Hall–Kier alpha value is -1.79. The van der Waals surface area contributed by atoms with Crippen molar-refractivity contribution in [3.05, 3.63) is 35.2 Å². The van der Waals surface area contributed by atoms with Gasteiger partial charge in [0.25, 0.3) is 0 Å². The van der Waals surface area contributed by atoms with Gasteiger partial charge in [-0.1, -0.05) is 6.08 Å². The molecule has 2 atom stereocenters. The number of hydrogen-bond acceptors (Lipinski definition) is 5. The molecule has 1 amide bonds. The van der Waals surface area contributed by atoms with Crippen molar-refractivity contribution in [2.45, 2.75) is 38.6 Å². The first-order valence-electron chi connectivity index (χ1n) is 8.15. The van der Waals surface area contributed by atoms with Gasteiger partial charge >= 0.3 is 6.09 Å². The van der Waals surface area contributed by atoms with Gasteiger partial charge in [0, 0.05) is 19.3 Å². The predicted molar refractivity (Wildman–Crippen MR) is 85.4 cm³/mol. The second kappa shape index (κ2) is 5.11. The molecule has 2 unspecified atom stereocenters. The molecule has 0 spiro atoms. The molecule has 1 N–H and O–H groups in total. The van der Waals surface area contributed by atoms with Crippen LogP contribution in [0.1, 0.15) is 20.8 Å². The summed E-state index contributed by atoms with van der Waals surface area (Å²) in [7, 11) is 0. The van der Waals surface area contributed by atoms with Gasteiger partial charge in [0.05, 0.1) is 25.0 Å². The van der Waals surface area contributed by atoms with Crippen molar-refractivity contribution in [1.82, 2.24) is 15.1 Å². The highest BCUT2D eigenvalue weighted by Crippen LogP contribution is 2.34. The summed E-state index contributed by atoms with van der Waals surface area (Å²) in [6.45, 7) is 8.54. The summed E-state index contributed by atoms with van der Waals surface area (Å²) in [5, 5.41) is 3.65. The second-order valence-corrected chi connectivity index (χ2v) is 7.42. The predicted octanol–water partition coefficient (Wildman–Crippen LogP) is 1.57. The minimum Gasteiger partial charge on any atom is -0.443 e. The van der Waals surface area contributed by atoms with E-state index in [1.54, 1.807) is 4.90 Å². The average Bonchev–Trinajstić information content (AvgIpc) is 3.05. The van der Waals surface area contributed by atoms with Crippen LogP contribution < -0.4 is 5.32 Å². The molecule has 0 radical (unpaired) electrons. The molecule has 0 aromatic carbocycles. The van der Waals surface area contributed by atoms with E-state index in [1.807, 2.05) is 27.0 Å². The zero-order valence-electron chi connectivity index (χ0n) is 13.8. The summed E-state index contributed by atoms with van der Waals surface area (Å²) in [4.78, 5) is 16.2. The summed E-state index contributed by atoms with van der Waals surface area (Å²) in [5.74, 6) is 0. The number of nitrogens with one attached hydrogen (secondary N) is 1. The highest BCUT2D eigenvalue weighted by atomic mass is 16.6. The number of hydrogen-bond donors (Lipinski definition) is 1. The molecule has 6 heteroatoms. The molecule has 4 rings (SSSR count). The standard InChI is InChI=1S/C17H23N3O3/c1-17(2,3)23-16(21)19-4-5-20-13(8-19)7-11-6-12-9-22-10-14(12)18-15(11)20/h6-8,14-15,18H,4-5,9-10H2,1-3H3. The first-order valence-corrected chi connectivity index (χ1v) is 8.15. The Balaban J connectivity index is 1.55. The van der Waals surface area contributed by atoms with Crippen LogP contribution in [-0.2, 0) is 9.47 Å². The lowest BCUT2D eigenvalue weighted by Crippen LogP contribution is -2.53. The van der Waals surface area contributed by atoms with Gasteiger partial charge in [-0.15, -0.1) is 0 Å². The number of nitrogens with zero attached hydrogens (tertiary/aromatic N) is 2. The fourth-order valence-electron chi connectivity index (χ4n) is 3.45. The Kier molecular flexibility index (Phi) is 3.28. The van der Waals surface area contributed by atoms with E-state index in [2.05, 4.69) is 22.4 Å². The van der Waals surface area contributed by atoms with Gasteiger partial charge in [0.1, 0.15) is 11.8 Å². The van der Waals surface area contributed by atoms with E-state index in [4.69, 9.17) is 9.47 Å². The summed E-state index contributed by atoms with van der Waals surface area (Å²) in [6, 6.07) is 0.320. The molecule has 0 saturated carbocycles. The minimum absolute atomic E-state index is 0.192. The lowest BCUT2D eigenvalue weighted by Gasteiger charge is -2.38. The second-order valence-electron chi connectivity index (χ2n) is 7.42. The Morgan fingerprint density at radius 2 is 2.17 bits per heavy atom. The van der Waals surface area contributed by atoms with E-state index in [0.717, 1.165) is 18.8 Å². The Labute approximate surface area is 136 Å². The van der Waals surface area contributed by atoms with Gasteiger partial charge in [0.15, 0.2) is 0 Å². The lowest BCUT2D eigenvalue weighted by molar-refractivity contribution is 0.0295. The van der Waals surface area contributed by atoms with E-state index in [1.165, 1.54) is 11.1 Å². The van der Waals surface area contributed by atoms with Crippen LogP contribution in [-0.4, -0.2) is 60.0 Å². The molecule has 0 aromatic heterocycles. The van der Waals surface area contributed by atoms with Crippen LogP contribution in [0, 0.1) is 0 Å². The third-order valence-corrected chi connectivity index (χ3v) is 4.48. The third kappa shape index (κ3) is 2.66. The van der Waals surface area contributed by atoms with Crippen molar-refractivity contribution in [2.24, 2.45) is 0 Å². The van der Waals surface area contributed by atoms with Crippen molar-refractivity contribution in [3.63, 3.8) is 0 Å². The van der Waals surface area contributed by atoms with Gasteiger partial charge in [-0.3, -0.25) is 10.2 Å². The van der Waals surface area contributed by atoms with Crippen molar-refractivity contribution in [1.29, 1.82) is 0 Å². The highest BCUT2D eigenvalue weighted by molar-refractivity contribution is 5.70. The largest absolute Gasteiger partial charge is 0.443 e. The van der Waals surface area contributed by atoms with Crippen LogP contribution >= 0.6 is 0 Å². The molecule has 1 fully saturated rings. The topological polar surface area (TPSA) is 54.0 Å². The maximum atomic E-state index is 12.3. The number of amides is 1. The van der Waals surface area contributed by atoms with Crippen LogP contribution in [0.25, 0.3) is 0 Å². The fourth-order valence-corrected chi connectivity index (χ4v) is 3.45. The Morgan fingerprint density at radius 3 is 2.96 bits per heavy atom. The van der Waals surface area contributed by atoms with E-state index >= 15 is 0 Å². The quantitative estimate of drug-likeness (QED) is 0.735. The Bertz CT molecular complexity index is 629. The van der Waals surface area contributed by atoms with Gasteiger partial charge in [-0.05, 0) is 38.0 Å². The molecule has 4 heterocycles. The summed E-state index contributed by atoms with van der Waals surface area (Å²) < 4.78 is 11.0. The summed E-state index contributed by atoms with van der Waals surface area (Å²) >= 11 is 0. The van der Waals surface area contributed by atoms with E-state index in [0.29, 0.717) is 19.2 Å². The molecule has 23 heavy (non-hydrogen) atoms. The fraction of sp³-hybridized carbons (Fsp3) is 0.588. The first-order chi connectivity index (χ1) is 10.9. The molecule has 6 nitrogen and oxygen atoms in total. The molecule has 4 aliphatic rings. The molecule has 1 saturated heterocycles. The first kappa shape index (κ1) is 14.8. The van der Waals surface area contributed by atoms with Crippen LogP contribution in [0.4, 0.5) is 4.79 Å². The van der Waals surface area contributed by atoms with Crippen molar-refractivity contribution >= 4 is 6.09 Å². The monoisotopic (exact) mass is 317 g/mol. The Morgan fingerprint density at radius 1 is 1.35 bits per heavy atom. The smallest absolute Gasteiger partial charge is 0.414 e. The number of allylic oxidation sites excluding steroid dienone is 1. The lowest BCUT2D eigenvalue weighted by atomic mass is 10.0. The number of carbonyl (C=O) groups is 1. The van der Waals surface area contributed by atoms with Gasteiger partial charge in [-0.25, -0.2) is 4.79 Å². The molecule has 4 aliphatic heterocycles. The molecule has 0 aliphatic carbocycles.